The van der Waals surface area contributed by atoms with Crippen LogP contribution in [-0.4, -0.2) is 23.7 Å². The Labute approximate surface area is 178 Å². The van der Waals surface area contributed by atoms with Crippen molar-refractivity contribution >= 4 is 43.4 Å². The van der Waals surface area contributed by atoms with E-state index in [2.05, 4.69) is 52.3 Å². The van der Waals surface area contributed by atoms with Crippen LogP contribution in [0.5, 0.6) is 0 Å². The molecule has 0 aliphatic carbocycles. The van der Waals surface area contributed by atoms with Crippen LogP contribution in [0.4, 0.5) is 0 Å². The molecule has 0 saturated carbocycles. The van der Waals surface area contributed by atoms with E-state index in [9.17, 15) is 4.79 Å². The number of benzene rings is 2. The number of carbonyl (C=O) groups excluding carboxylic acids is 1. The summed E-state index contributed by atoms with van der Waals surface area (Å²) in [5.74, 6) is -0.226. The number of ether oxygens (including phenoxy) is 1. The Kier molecular flexibility index (Phi) is 6.53. The summed E-state index contributed by atoms with van der Waals surface area (Å²) in [4.78, 5) is 17.9. The molecule has 4 nitrogen and oxygen atoms in total. The molecule has 1 heterocycles. The largest absolute Gasteiger partial charge is 0.380 e. The van der Waals surface area contributed by atoms with E-state index in [1.165, 1.54) is 16.9 Å². The molecule has 0 bridgehead atoms. The zero-order chi connectivity index (χ0) is 20.3. The van der Waals surface area contributed by atoms with Crippen LogP contribution in [0.25, 0.3) is 10.2 Å². The zero-order valence-corrected chi connectivity index (χ0v) is 19.1. The maximum atomic E-state index is 12.8. The van der Waals surface area contributed by atoms with E-state index in [0.29, 0.717) is 30.1 Å². The van der Waals surface area contributed by atoms with Crippen LogP contribution in [0.2, 0.25) is 0 Å². The molecule has 0 aliphatic heterocycles. The number of aromatic nitrogens is 1. The Morgan fingerprint density at radius 1 is 1.18 bits per heavy atom. The van der Waals surface area contributed by atoms with Gasteiger partial charge in [0.1, 0.15) is 0 Å². The molecule has 0 atom stereocenters. The number of rotatable bonds is 5. The van der Waals surface area contributed by atoms with E-state index in [1.54, 1.807) is 0 Å². The van der Waals surface area contributed by atoms with Crippen LogP contribution in [-0.2, 0) is 16.7 Å². The average Bonchev–Trinajstić information content (AvgIpc) is 2.97. The fourth-order valence-electron chi connectivity index (χ4n) is 2.91. The highest BCUT2D eigenvalue weighted by molar-refractivity contribution is 9.10. The number of halogens is 1. The van der Waals surface area contributed by atoms with Gasteiger partial charge in [-0.1, -0.05) is 60.2 Å². The van der Waals surface area contributed by atoms with E-state index in [4.69, 9.17) is 4.74 Å². The van der Waals surface area contributed by atoms with E-state index in [0.717, 1.165) is 14.7 Å². The molecule has 0 spiro atoms. The van der Waals surface area contributed by atoms with Crippen LogP contribution >= 0.6 is 27.3 Å². The second-order valence-electron chi connectivity index (χ2n) is 7.59. The predicted octanol–water partition coefficient (Wildman–Crippen LogP) is 5.54. The quantitative estimate of drug-likeness (QED) is 0.469. The standard InChI is InChI=1S/C22H25BrN2O2S/c1-5-27-13-12-25-18-11-10-17(23)14-19(18)28-21(25)24-20(26)15-6-8-16(9-7-15)22(2,3)4/h6-11,14H,5,12-13H2,1-4H3. The van der Waals surface area contributed by atoms with Gasteiger partial charge in [0.25, 0.3) is 5.91 Å². The predicted molar refractivity (Wildman–Crippen MR) is 119 cm³/mol. The van der Waals surface area contributed by atoms with Crippen molar-refractivity contribution in [2.75, 3.05) is 13.2 Å². The lowest BCUT2D eigenvalue weighted by atomic mass is 9.87. The Hall–Kier alpha value is -1.76. The summed E-state index contributed by atoms with van der Waals surface area (Å²) in [7, 11) is 0. The van der Waals surface area contributed by atoms with Crippen molar-refractivity contribution in [2.24, 2.45) is 4.99 Å². The molecule has 0 unspecified atom stereocenters. The van der Waals surface area contributed by atoms with E-state index in [-0.39, 0.29) is 11.3 Å². The molecule has 28 heavy (non-hydrogen) atoms. The van der Waals surface area contributed by atoms with Crippen molar-refractivity contribution in [1.29, 1.82) is 0 Å². The first-order valence-electron chi connectivity index (χ1n) is 9.36. The molecule has 148 valence electrons. The van der Waals surface area contributed by atoms with Crippen LogP contribution in [0.3, 0.4) is 0 Å². The van der Waals surface area contributed by atoms with Crippen molar-refractivity contribution in [2.45, 2.75) is 39.7 Å². The van der Waals surface area contributed by atoms with Crippen molar-refractivity contribution in [1.82, 2.24) is 4.57 Å². The second-order valence-corrected chi connectivity index (χ2v) is 9.51. The molecular formula is C22H25BrN2O2S. The summed E-state index contributed by atoms with van der Waals surface area (Å²) in [6, 6.07) is 13.8. The van der Waals surface area contributed by atoms with Gasteiger partial charge in [0.15, 0.2) is 4.80 Å². The normalized spacial score (nSPS) is 12.7. The van der Waals surface area contributed by atoms with Gasteiger partial charge in [-0.05, 0) is 48.2 Å². The van der Waals surface area contributed by atoms with Crippen molar-refractivity contribution in [3.63, 3.8) is 0 Å². The summed E-state index contributed by atoms with van der Waals surface area (Å²) in [5.41, 5.74) is 2.91. The Morgan fingerprint density at radius 2 is 1.89 bits per heavy atom. The third kappa shape index (κ3) is 4.80. The van der Waals surface area contributed by atoms with Gasteiger partial charge < -0.3 is 9.30 Å². The third-order valence-electron chi connectivity index (χ3n) is 4.50. The first kappa shape index (κ1) is 21.0. The molecule has 2 aromatic carbocycles. The lowest BCUT2D eigenvalue weighted by molar-refractivity contribution is 0.0996. The summed E-state index contributed by atoms with van der Waals surface area (Å²) in [6.45, 7) is 10.4. The molecule has 0 fully saturated rings. The topological polar surface area (TPSA) is 43.6 Å². The minimum absolute atomic E-state index is 0.0554. The highest BCUT2D eigenvalue weighted by Crippen LogP contribution is 2.23. The number of amides is 1. The van der Waals surface area contributed by atoms with Crippen LogP contribution < -0.4 is 4.80 Å². The van der Waals surface area contributed by atoms with E-state index >= 15 is 0 Å². The van der Waals surface area contributed by atoms with Gasteiger partial charge in [-0.2, -0.15) is 4.99 Å². The summed E-state index contributed by atoms with van der Waals surface area (Å²) in [6.07, 6.45) is 0. The van der Waals surface area contributed by atoms with Crippen LogP contribution in [0, 0.1) is 0 Å². The summed E-state index contributed by atoms with van der Waals surface area (Å²) < 4.78 is 9.67. The molecule has 1 aromatic heterocycles. The van der Waals surface area contributed by atoms with Crippen LogP contribution in [0.1, 0.15) is 43.6 Å². The number of carbonyl (C=O) groups is 1. The minimum atomic E-state index is -0.226. The van der Waals surface area contributed by atoms with E-state index < -0.39 is 0 Å². The fraction of sp³-hybridized carbons (Fsp3) is 0.364. The summed E-state index contributed by atoms with van der Waals surface area (Å²) >= 11 is 5.03. The molecule has 6 heteroatoms. The molecule has 0 saturated heterocycles. The molecule has 0 N–H and O–H groups in total. The molecule has 0 aliphatic rings. The fourth-order valence-corrected chi connectivity index (χ4v) is 4.52. The Morgan fingerprint density at radius 3 is 2.54 bits per heavy atom. The monoisotopic (exact) mass is 460 g/mol. The van der Waals surface area contributed by atoms with Crippen molar-refractivity contribution in [3.8, 4) is 0 Å². The summed E-state index contributed by atoms with van der Waals surface area (Å²) in [5, 5.41) is 0. The van der Waals surface area contributed by atoms with Crippen LogP contribution in [0.15, 0.2) is 51.9 Å². The highest BCUT2D eigenvalue weighted by atomic mass is 79.9. The maximum Gasteiger partial charge on any atom is 0.279 e. The zero-order valence-electron chi connectivity index (χ0n) is 16.7. The first-order chi connectivity index (χ1) is 13.3. The Bertz CT molecular complexity index is 1040. The van der Waals surface area contributed by atoms with Gasteiger partial charge >= 0.3 is 0 Å². The number of fused-ring (bicyclic) bond motifs is 1. The minimum Gasteiger partial charge on any atom is -0.380 e. The molecule has 0 radical (unpaired) electrons. The lowest BCUT2D eigenvalue weighted by Gasteiger charge is -2.18. The highest BCUT2D eigenvalue weighted by Gasteiger charge is 2.15. The van der Waals surface area contributed by atoms with Gasteiger partial charge in [-0.15, -0.1) is 0 Å². The number of hydrogen-bond acceptors (Lipinski definition) is 3. The lowest BCUT2D eigenvalue weighted by Crippen LogP contribution is -2.19. The van der Waals surface area contributed by atoms with E-state index in [1.807, 2.05) is 43.3 Å². The maximum absolute atomic E-state index is 12.8. The van der Waals surface area contributed by atoms with Gasteiger partial charge in [-0.3, -0.25) is 4.79 Å². The molecule has 3 rings (SSSR count). The Balaban J connectivity index is 1.99. The molecule has 3 aromatic rings. The smallest absolute Gasteiger partial charge is 0.279 e. The molecular weight excluding hydrogens is 436 g/mol. The first-order valence-corrected chi connectivity index (χ1v) is 11.0. The van der Waals surface area contributed by atoms with Gasteiger partial charge in [0, 0.05) is 23.2 Å². The third-order valence-corrected chi connectivity index (χ3v) is 6.04. The van der Waals surface area contributed by atoms with Gasteiger partial charge in [-0.25, -0.2) is 0 Å². The number of thiazole rings is 1. The van der Waals surface area contributed by atoms with Gasteiger partial charge in [0.2, 0.25) is 0 Å². The van der Waals surface area contributed by atoms with Gasteiger partial charge in [0.05, 0.1) is 16.8 Å². The van der Waals surface area contributed by atoms with Crippen molar-refractivity contribution in [3.05, 3.63) is 62.9 Å². The SMILES string of the molecule is CCOCCn1c(=NC(=O)c2ccc(C(C)(C)C)cc2)sc2cc(Br)ccc21. The van der Waals surface area contributed by atoms with Crippen molar-refractivity contribution < 1.29 is 9.53 Å². The second kappa shape index (κ2) is 8.72. The number of nitrogens with zero attached hydrogens (tertiary/aromatic N) is 2. The average molecular weight is 461 g/mol. The molecule has 1 amide bonds. The number of hydrogen-bond donors (Lipinski definition) is 0.